The first kappa shape index (κ1) is 10.3. The largest absolute Gasteiger partial charge is 0.378 e. The van der Waals surface area contributed by atoms with Crippen molar-refractivity contribution in [1.29, 1.82) is 0 Å². The molecule has 1 aliphatic heterocycles. The number of morpholine rings is 1. The van der Waals surface area contributed by atoms with E-state index in [0.29, 0.717) is 10.2 Å². The number of halogens is 2. The fraction of sp³-hybridized carbons (Fsp3) is 0.400. The molecule has 1 atom stereocenters. The Kier molecular flexibility index (Phi) is 3.35. The Morgan fingerprint density at radius 2 is 2.36 bits per heavy atom. The molecule has 0 bridgehead atoms. The third kappa shape index (κ3) is 2.07. The maximum atomic E-state index is 13.3. The highest BCUT2D eigenvalue weighted by molar-refractivity contribution is 14.1. The predicted molar refractivity (Wildman–Crippen MR) is 60.7 cm³/mol. The van der Waals surface area contributed by atoms with Gasteiger partial charge in [0.1, 0.15) is 5.82 Å². The Bertz CT molecular complexity index is 326. The van der Waals surface area contributed by atoms with E-state index in [1.807, 2.05) is 28.7 Å². The highest BCUT2D eigenvalue weighted by Gasteiger charge is 2.18. The maximum absolute atomic E-state index is 13.3. The van der Waals surface area contributed by atoms with Crippen LogP contribution in [0.4, 0.5) is 4.39 Å². The smallest absolute Gasteiger partial charge is 0.136 e. The standard InChI is InChI=1S/C10H11FINO/c11-8-3-1-2-7(10(8)12)9-6-14-5-4-13-9/h1-3,9,13H,4-6H2/t9-/m0/s1. The molecule has 2 nitrogen and oxygen atoms in total. The highest BCUT2D eigenvalue weighted by atomic mass is 127. The van der Waals surface area contributed by atoms with Crippen molar-refractivity contribution in [2.75, 3.05) is 19.8 Å². The number of hydrogen-bond donors (Lipinski definition) is 1. The average Bonchev–Trinajstić information content (AvgIpc) is 2.23. The molecular formula is C10H11FINO. The van der Waals surface area contributed by atoms with Crippen LogP contribution in [0.3, 0.4) is 0 Å². The molecule has 76 valence electrons. The van der Waals surface area contributed by atoms with E-state index in [0.717, 1.165) is 18.7 Å². The van der Waals surface area contributed by atoms with E-state index in [9.17, 15) is 4.39 Å². The molecule has 0 spiro atoms. The van der Waals surface area contributed by atoms with Gasteiger partial charge in [0.2, 0.25) is 0 Å². The summed E-state index contributed by atoms with van der Waals surface area (Å²) in [6, 6.07) is 5.29. The van der Waals surface area contributed by atoms with E-state index in [2.05, 4.69) is 5.32 Å². The molecular weight excluding hydrogens is 296 g/mol. The van der Waals surface area contributed by atoms with Gasteiger partial charge in [0.25, 0.3) is 0 Å². The van der Waals surface area contributed by atoms with Crippen molar-refractivity contribution < 1.29 is 9.13 Å². The molecule has 1 N–H and O–H groups in total. The van der Waals surface area contributed by atoms with Gasteiger partial charge in [-0.05, 0) is 34.2 Å². The molecule has 1 aromatic rings. The number of hydrogen-bond acceptors (Lipinski definition) is 2. The summed E-state index contributed by atoms with van der Waals surface area (Å²) < 4.78 is 19.3. The Hall–Kier alpha value is -0.200. The summed E-state index contributed by atoms with van der Waals surface area (Å²) in [7, 11) is 0. The predicted octanol–water partition coefficient (Wildman–Crippen LogP) is 2.09. The van der Waals surface area contributed by atoms with Crippen molar-refractivity contribution in [2.24, 2.45) is 0 Å². The normalized spacial score (nSPS) is 22.3. The minimum absolute atomic E-state index is 0.131. The van der Waals surface area contributed by atoms with Gasteiger partial charge in [-0.25, -0.2) is 4.39 Å². The second kappa shape index (κ2) is 4.55. The highest BCUT2D eigenvalue weighted by Crippen LogP contribution is 2.23. The minimum atomic E-state index is -0.157. The molecule has 0 aliphatic carbocycles. The van der Waals surface area contributed by atoms with Crippen LogP contribution in [0.2, 0.25) is 0 Å². The number of benzene rings is 1. The van der Waals surface area contributed by atoms with Gasteiger partial charge >= 0.3 is 0 Å². The third-order valence-electron chi connectivity index (χ3n) is 2.28. The molecule has 0 saturated carbocycles. The van der Waals surface area contributed by atoms with Crippen LogP contribution in [-0.4, -0.2) is 19.8 Å². The summed E-state index contributed by atoms with van der Waals surface area (Å²) in [5.41, 5.74) is 0.991. The second-order valence-electron chi connectivity index (χ2n) is 3.22. The molecule has 1 aliphatic rings. The van der Waals surface area contributed by atoms with E-state index in [-0.39, 0.29) is 11.9 Å². The van der Waals surface area contributed by atoms with Crippen LogP contribution in [0.1, 0.15) is 11.6 Å². The van der Waals surface area contributed by atoms with Crippen LogP contribution in [0.5, 0.6) is 0 Å². The van der Waals surface area contributed by atoms with Gasteiger partial charge < -0.3 is 10.1 Å². The van der Waals surface area contributed by atoms with Gasteiger partial charge in [-0.2, -0.15) is 0 Å². The molecule has 4 heteroatoms. The van der Waals surface area contributed by atoms with Crippen molar-refractivity contribution >= 4 is 22.6 Å². The quantitative estimate of drug-likeness (QED) is 0.802. The van der Waals surface area contributed by atoms with E-state index in [1.165, 1.54) is 6.07 Å². The molecule has 1 aromatic carbocycles. The number of rotatable bonds is 1. The van der Waals surface area contributed by atoms with Crippen LogP contribution < -0.4 is 5.32 Å². The molecule has 1 heterocycles. The van der Waals surface area contributed by atoms with Crippen molar-refractivity contribution in [3.8, 4) is 0 Å². The number of nitrogens with one attached hydrogen (secondary N) is 1. The lowest BCUT2D eigenvalue weighted by Gasteiger charge is -2.25. The zero-order valence-corrected chi connectivity index (χ0v) is 9.75. The van der Waals surface area contributed by atoms with E-state index in [4.69, 9.17) is 4.74 Å². The Balaban J connectivity index is 2.26. The van der Waals surface area contributed by atoms with Crippen LogP contribution in [-0.2, 0) is 4.74 Å². The summed E-state index contributed by atoms with van der Waals surface area (Å²) in [5.74, 6) is -0.157. The van der Waals surface area contributed by atoms with Crippen LogP contribution in [0, 0.1) is 9.39 Å². The molecule has 0 aromatic heterocycles. The van der Waals surface area contributed by atoms with E-state index in [1.54, 1.807) is 6.07 Å². The Labute approximate surface area is 96.0 Å². The van der Waals surface area contributed by atoms with Gasteiger partial charge in [0.15, 0.2) is 0 Å². The van der Waals surface area contributed by atoms with Gasteiger partial charge in [-0.3, -0.25) is 0 Å². The summed E-state index contributed by atoms with van der Waals surface area (Å²) in [4.78, 5) is 0. The van der Waals surface area contributed by atoms with Crippen LogP contribution in [0.15, 0.2) is 18.2 Å². The lowest BCUT2D eigenvalue weighted by atomic mass is 10.1. The summed E-state index contributed by atoms with van der Waals surface area (Å²) in [6.07, 6.45) is 0. The van der Waals surface area contributed by atoms with Crippen molar-refractivity contribution in [2.45, 2.75) is 6.04 Å². The van der Waals surface area contributed by atoms with Crippen molar-refractivity contribution in [1.82, 2.24) is 5.32 Å². The zero-order chi connectivity index (χ0) is 9.97. The molecule has 0 amide bonds. The monoisotopic (exact) mass is 307 g/mol. The van der Waals surface area contributed by atoms with Gasteiger partial charge in [-0.15, -0.1) is 0 Å². The Morgan fingerprint density at radius 3 is 3.07 bits per heavy atom. The summed E-state index contributed by atoms with van der Waals surface area (Å²) in [6.45, 7) is 2.19. The molecule has 1 fully saturated rings. The molecule has 14 heavy (non-hydrogen) atoms. The lowest BCUT2D eigenvalue weighted by molar-refractivity contribution is 0.0765. The molecule has 0 radical (unpaired) electrons. The van der Waals surface area contributed by atoms with E-state index < -0.39 is 0 Å². The lowest BCUT2D eigenvalue weighted by Crippen LogP contribution is -2.35. The molecule has 2 rings (SSSR count). The third-order valence-corrected chi connectivity index (χ3v) is 3.42. The van der Waals surface area contributed by atoms with Crippen LogP contribution in [0.25, 0.3) is 0 Å². The first-order valence-corrected chi connectivity index (χ1v) is 5.62. The summed E-state index contributed by atoms with van der Waals surface area (Å²) >= 11 is 2.04. The maximum Gasteiger partial charge on any atom is 0.136 e. The summed E-state index contributed by atoms with van der Waals surface area (Å²) in [5, 5.41) is 3.31. The zero-order valence-electron chi connectivity index (χ0n) is 7.59. The first-order valence-electron chi connectivity index (χ1n) is 4.54. The topological polar surface area (TPSA) is 21.3 Å². The SMILES string of the molecule is Fc1cccc([C@@H]2COCCN2)c1I. The second-order valence-corrected chi connectivity index (χ2v) is 4.30. The first-order chi connectivity index (χ1) is 6.79. The van der Waals surface area contributed by atoms with Gasteiger partial charge in [-0.1, -0.05) is 12.1 Å². The van der Waals surface area contributed by atoms with Crippen molar-refractivity contribution in [3.63, 3.8) is 0 Å². The van der Waals surface area contributed by atoms with Gasteiger partial charge in [0.05, 0.1) is 22.8 Å². The molecule has 1 saturated heterocycles. The fourth-order valence-corrected chi connectivity index (χ4v) is 2.29. The van der Waals surface area contributed by atoms with Crippen LogP contribution >= 0.6 is 22.6 Å². The fourth-order valence-electron chi connectivity index (χ4n) is 1.55. The Morgan fingerprint density at radius 1 is 1.50 bits per heavy atom. The molecule has 0 unspecified atom stereocenters. The van der Waals surface area contributed by atoms with Gasteiger partial charge in [0, 0.05) is 6.54 Å². The minimum Gasteiger partial charge on any atom is -0.378 e. The number of ether oxygens (including phenoxy) is 1. The average molecular weight is 307 g/mol. The van der Waals surface area contributed by atoms with Crippen molar-refractivity contribution in [3.05, 3.63) is 33.1 Å². The van der Waals surface area contributed by atoms with E-state index >= 15 is 0 Å².